The van der Waals surface area contributed by atoms with Gasteiger partial charge in [0, 0.05) is 36.7 Å². The van der Waals surface area contributed by atoms with Gasteiger partial charge in [0.1, 0.15) is 0 Å². The second kappa shape index (κ2) is 8.36. The minimum atomic E-state index is -0.719. The molecule has 0 radical (unpaired) electrons. The Bertz CT molecular complexity index is 1170. The fourth-order valence-electron chi connectivity index (χ4n) is 2.85. The molecule has 0 aliphatic heterocycles. The third-order valence-electron chi connectivity index (χ3n) is 4.47. The van der Waals surface area contributed by atoms with E-state index in [2.05, 4.69) is 30.2 Å². The Kier molecular flexibility index (Phi) is 5.46. The highest BCUT2D eigenvalue weighted by Crippen LogP contribution is 2.29. The molecule has 30 heavy (non-hydrogen) atoms. The maximum atomic E-state index is 14.0. The number of hydrogen-bond acceptors (Lipinski definition) is 9. The third-order valence-corrected chi connectivity index (χ3v) is 4.47. The lowest BCUT2D eigenvalue weighted by atomic mass is 10.1. The van der Waals surface area contributed by atoms with Crippen LogP contribution in [-0.4, -0.2) is 30.2 Å². The van der Waals surface area contributed by atoms with Crippen LogP contribution in [-0.2, 0) is 19.3 Å². The summed E-state index contributed by atoms with van der Waals surface area (Å²) in [4.78, 5) is 16.4. The van der Waals surface area contributed by atoms with Gasteiger partial charge >= 0.3 is 0 Å². The summed E-state index contributed by atoms with van der Waals surface area (Å²) in [5.74, 6) is 1.71. The summed E-state index contributed by atoms with van der Waals surface area (Å²) in [6.45, 7) is 5.55. The molecule has 0 saturated carbocycles. The highest BCUT2D eigenvalue weighted by atomic mass is 19.1. The summed E-state index contributed by atoms with van der Waals surface area (Å²) in [7, 11) is 0. The quantitative estimate of drug-likeness (QED) is 0.420. The van der Waals surface area contributed by atoms with Crippen LogP contribution in [0.3, 0.4) is 0 Å². The molecule has 0 saturated heterocycles. The monoisotopic (exact) mass is 410 g/mol. The number of aromatic nitrogens is 6. The van der Waals surface area contributed by atoms with Gasteiger partial charge in [0.15, 0.2) is 17.4 Å². The van der Waals surface area contributed by atoms with Gasteiger partial charge in [-0.25, -0.2) is 0 Å². The summed E-state index contributed by atoms with van der Waals surface area (Å²) in [5, 5.41) is 7.62. The Morgan fingerprint density at radius 2 is 1.87 bits per heavy atom. The van der Waals surface area contributed by atoms with Crippen LogP contribution in [0.5, 0.6) is 11.6 Å². The van der Waals surface area contributed by atoms with E-state index in [0.717, 1.165) is 17.5 Å². The van der Waals surface area contributed by atoms with Gasteiger partial charge in [0.25, 0.3) is 5.89 Å². The van der Waals surface area contributed by atoms with Gasteiger partial charge in [0.05, 0.1) is 6.20 Å². The number of aryl methyl sites for hydroxylation is 4. The molecule has 0 N–H and O–H groups in total. The number of halogens is 1. The third kappa shape index (κ3) is 4.32. The van der Waals surface area contributed by atoms with Gasteiger partial charge in [-0.2, -0.15) is 19.3 Å². The van der Waals surface area contributed by atoms with E-state index in [1.165, 1.54) is 12.1 Å². The lowest BCUT2D eigenvalue weighted by molar-refractivity contribution is 0.373. The number of pyridine rings is 2. The molecule has 4 aromatic heterocycles. The zero-order valence-corrected chi connectivity index (χ0v) is 16.7. The van der Waals surface area contributed by atoms with Gasteiger partial charge in [-0.3, -0.25) is 4.98 Å². The minimum absolute atomic E-state index is 0.0624. The summed E-state index contributed by atoms with van der Waals surface area (Å²) in [6.07, 6.45) is 5.26. The molecule has 0 fully saturated rings. The molecule has 0 amide bonds. The first-order chi connectivity index (χ1) is 14.5. The molecule has 10 heteroatoms. The smallest absolute Gasteiger partial charge is 0.258 e. The predicted molar refractivity (Wildman–Crippen MR) is 102 cm³/mol. The van der Waals surface area contributed by atoms with Crippen molar-refractivity contribution in [3.05, 3.63) is 59.1 Å². The highest BCUT2D eigenvalue weighted by Gasteiger charge is 2.14. The molecule has 0 atom stereocenters. The normalized spacial score (nSPS) is 11.1. The summed E-state index contributed by atoms with van der Waals surface area (Å²) < 4.78 is 30.2. The number of rotatable bonds is 7. The van der Waals surface area contributed by atoms with Crippen molar-refractivity contribution in [3.8, 4) is 23.1 Å². The summed E-state index contributed by atoms with van der Waals surface area (Å²) in [6, 6.07) is 2.74. The van der Waals surface area contributed by atoms with Crippen molar-refractivity contribution in [1.82, 2.24) is 30.2 Å². The Labute approximate surface area is 171 Å². The van der Waals surface area contributed by atoms with Crippen molar-refractivity contribution in [2.75, 3.05) is 0 Å². The SMILES string of the molecule is CCc1noc(CCc2cncc(Oc3cc(-c4nc(C)no4)cc(F)n3)c2C)n1. The van der Waals surface area contributed by atoms with Crippen LogP contribution >= 0.6 is 0 Å². The molecular formula is C20H19FN6O3. The van der Waals surface area contributed by atoms with E-state index in [4.69, 9.17) is 13.8 Å². The Hall–Kier alpha value is -3.69. The first kappa shape index (κ1) is 19.6. The van der Waals surface area contributed by atoms with Gasteiger partial charge in [-0.15, -0.1) is 0 Å². The molecule has 0 aliphatic rings. The molecule has 154 valence electrons. The zero-order valence-electron chi connectivity index (χ0n) is 16.7. The second-order valence-electron chi connectivity index (χ2n) is 6.65. The number of nitrogens with zero attached hydrogens (tertiary/aromatic N) is 6. The first-order valence-corrected chi connectivity index (χ1v) is 9.43. The molecule has 0 spiro atoms. The van der Waals surface area contributed by atoms with Gasteiger partial charge in [-0.05, 0) is 31.4 Å². The van der Waals surface area contributed by atoms with E-state index in [1.807, 2.05) is 13.8 Å². The van der Waals surface area contributed by atoms with E-state index >= 15 is 0 Å². The number of ether oxygens (including phenoxy) is 1. The average Bonchev–Trinajstić information content (AvgIpc) is 3.37. The summed E-state index contributed by atoms with van der Waals surface area (Å²) >= 11 is 0. The zero-order chi connectivity index (χ0) is 21.1. The molecule has 4 aromatic rings. The van der Waals surface area contributed by atoms with Crippen LogP contribution in [0.2, 0.25) is 0 Å². The molecule has 9 nitrogen and oxygen atoms in total. The topological polar surface area (TPSA) is 113 Å². The van der Waals surface area contributed by atoms with E-state index in [9.17, 15) is 4.39 Å². The van der Waals surface area contributed by atoms with Crippen molar-refractivity contribution >= 4 is 0 Å². The van der Waals surface area contributed by atoms with Gasteiger partial charge in [0.2, 0.25) is 17.7 Å². The van der Waals surface area contributed by atoms with Crippen LogP contribution in [0.1, 0.15) is 35.6 Å². The van der Waals surface area contributed by atoms with Gasteiger partial charge < -0.3 is 13.8 Å². The highest BCUT2D eigenvalue weighted by molar-refractivity contribution is 5.54. The minimum Gasteiger partial charge on any atom is -0.437 e. The van der Waals surface area contributed by atoms with E-state index in [-0.39, 0.29) is 11.8 Å². The molecular weight excluding hydrogens is 391 g/mol. The molecule has 0 unspecified atom stereocenters. The van der Waals surface area contributed by atoms with Crippen LogP contribution < -0.4 is 4.74 Å². The van der Waals surface area contributed by atoms with Crippen molar-refractivity contribution in [3.63, 3.8) is 0 Å². The second-order valence-corrected chi connectivity index (χ2v) is 6.65. The number of hydrogen-bond donors (Lipinski definition) is 0. The molecule has 0 aliphatic carbocycles. The summed E-state index contributed by atoms with van der Waals surface area (Å²) in [5.41, 5.74) is 2.19. The van der Waals surface area contributed by atoms with Crippen LogP contribution in [0.25, 0.3) is 11.5 Å². The van der Waals surface area contributed by atoms with Crippen LogP contribution in [0, 0.1) is 19.8 Å². The predicted octanol–water partition coefficient (Wildman–Crippen LogP) is 3.81. The standard InChI is InChI=1S/C20H19FN6O3/c1-4-17-25-18(29-27-17)6-5-13-9-22-10-15(11(13)2)28-19-8-14(7-16(21)24-19)20-23-12(3)26-30-20/h7-10H,4-6H2,1-3H3. The largest absolute Gasteiger partial charge is 0.437 e. The van der Waals surface area contributed by atoms with Crippen molar-refractivity contribution in [1.29, 1.82) is 0 Å². The van der Waals surface area contributed by atoms with Crippen LogP contribution in [0.15, 0.2) is 33.6 Å². The molecule has 0 bridgehead atoms. The maximum absolute atomic E-state index is 14.0. The average molecular weight is 410 g/mol. The molecule has 4 rings (SSSR count). The van der Waals surface area contributed by atoms with Gasteiger partial charge in [-0.1, -0.05) is 17.2 Å². The van der Waals surface area contributed by atoms with Crippen molar-refractivity contribution in [2.45, 2.75) is 40.0 Å². The van der Waals surface area contributed by atoms with Crippen molar-refractivity contribution < 1.29 is 18.2 Å². The lowest BCUT2D eigenvalue weighted by Gasteiger charge is -2.11. The van der Waals surface area contributed by atoms with E-state index in [1.54, 1.807) is 19.3 Å². The van der Waals surface area contributed by atoms with E-state index < -0.39 is 5.95 Å². The Balaban J connectivity index is 1.53. The fraction of sp³-hybridized carbons (Fsp3) is 0.300. The maximum Gasteiger partial charge on any atom is 0.258 e. The first-order valence-electron chi connectivity index (χ1n) is 9.43. The Morgan fingerprint density at radius 3 is 2.60 bits per heavy atom. The molecule has 0 aromatic carbocycles. The molecule has 4 heterocycles. The lowest BCUT2D eigenvalue weighted by Crippen LogP contribution is -2.00. The fourth-order valence-corrected chi connectivity index (χ4v) is 2.85. The van der Waals surface area contributed by atoms with E-state index in [0.29, 0.717) is 41.7 Å². The van der Waals surface area contributed by atoms with Crippen molar-refractivity contribution in [2.24, 2.45) is 0 Å². The Morgan fingerprint density at radius 1 is 1.00 bits per heavy atom. The van der Waals surface area contributed by atoms with Crippen LogP contribution in [0.4, 0.5) is 4.39 Å².